The number of aromatic nitrogens is 1. The van der Waals surface area contributed by atoms with Gasteiger partial charge in [0.05, 0.1) is 0 Å². The van der Waals surface area contributed by atoms with Crippen molar-refractivity contribution in [3.05, 3.63) is 18.3 Å². The highest BCUT2D eigenvalue weighted by Gasteiger charge is 2.38. The van der Waals surface area contributed by atoms with E-state index in [2.05, 4.69) is 29.0 Å². The standard InChI is InChI=1S/C13H22N4O2S/c1-13(2)10-17(9-8-16(13)4)20(18,19)11-6-5-7-15-12(11)14-3/h5-7H,8-10H2,1-4H3,(H,14,15). The van der Waals surface area contributed by atoms with Gasteiger partial charge in [-0.15, -0.1) is 0 Å². The van der Waals surface area contributed by atoms with Gasteiger partial charge in [-0.05, 0) is 33.0 Å². The van der Waals surface area contributed by atoms with Gasteiger partial charge >= 0.3 is 0 Å². The third-order valence-corrected chi connectivity index (χ3v) is 5.78. The first-order valence-electron chi connectivity index (χ1n) is 6.63. The van der Waals surface area contributed by atoms with Gasteiger partial charge in [-0.2, -0.15) is 4.31 Å². The average molecular weight is 298 g/mol. The molecule has 0 aromatic carbocycles. The topological polar surface area (TPSA) is 65.5 Å². The van der Waals surface area contributed by atoms with Crippen LogP contribution in [-0.4, -0.2) is 61.9 Å². The van der Waals surface area contributed by atoms with E-state index in [4.69, 9.17) is 0 Å². The lowest BCUT2D eigenvalue weighted by molar-refractivity contribution is 0.0801. The highest BCUT2D eigenvalue weighted by Crippen LogP contribution is 2.27. The Hall–Kier alpha value is -1.18. The van der Waals surface area contributed by atoms with Crippen molar-refractivity contribution in [1.29, 1.82) is 0 Å². The maximum atomic E-state index is 12.8. The first-order chi connectivity index (χ1) is 9.29. The summed E-state index contributed by atoms with van der Waals surface area (Å²) in [6.45, 7) is 5.80. The van der Waals surface area contributed by atoms with E-state index in [0.29, 0.717) is 18.9 Å². The summed E-state index contributed by atoms with van der Waals surface area (Å²) in [6, 6.07) is 3.24. The molecule has 0 bridgehead atoms. The number of hydrogen-bond acceptors (Lipinski definition) is 5. The van der Waals surface area contributed by atoms with Gasteiger partial charge in [0.2, 0.25) is 10.0 Å². The third-order valence-electron chi connectivity index (χ3n) is 3.91. The van der Waals surface area contributed by atoms with Crippen molar-refractivity contribution in [2.24, 2.45) is 0 Å². The number of piperazine rings is 1. The minimum Gasteiger partial charge on any atom is -0.372 e. The summed E-state index contributed by atoms with van der Waals surface area (Å²) in [6.07, 6.45) is 1.58. The molecule has 1 fully saturated rings. The average Bonchev–Trinajstić information content (AvgIpc) is 2.41. The van der Waals surface area contributed by atoms with Gasteiger partial charge in [0.15, 0.2) is 0 Å². The first-order valence-corrected chi connectivity index (χ1v) is 8.07. The third kappa shape index (κ3) is 2.65. The number of likely N-dealkylation sites (N-methyl/N-ethyl adjacent to an activating group) is 1. The summed E-state index contributed by atoms with van der Waals surface area (Å²) in [5, 5.41) is 2.84. The molecule has 7 heteroatoms. The Morgan fingerprint density at radius 3 is 2.65 bits per heavy atom. The van der Waals surface area contributed by atoms with Crippen molar-refractivity contribution in [3.63, 3.8) is 0 Å². The van der Waals surface area contributed by atoms with Crippen LogP contribution in [0.1, 0.15) is 13.8 Å². The summed E-state index contributed by atoms with van der Waals surface area (Å²) in [5.74, 6) is 0.393. The zero-order chi connectivity index (χ0) is 15.0. The Morgan fingerprint density at radius 2 is 2.05 bits per heavy atom. The normalized spacial score (nSPS) is 20.8. The van der Waals surface area contributed by atoms with Crippen LogP contribution >= 0.6 is 0 Å². The van der Waals surface area contributed by atoms with Gasteiger partial charge in [-0.25, -0.2) is 13.4 Å². The quantitative estimate of drug-likeness (QED) is 0.896. The molecular formula is C13H22N4O2S. The Kier molecular flexibility index (Phi) is 4.04. The fourth-order valence-corrected chi connectivity index (χ4v) is 4.06. The number of nitrogens with zero attached hydrogens (tertiary/aromatic N) is 3. The van der Waals surface area contributed by atoms with Crippen LogP contribution in [0, 0.1) is 0 Å². The van der Waals surface area contributed by atoms with E-state index >= 15 is 0 Å². The van der Waals surface area contributed by atoms with Crippen molar-refractivity contribution in [2.45, 2.75) is 24.3 Å². The molecule has 0 unspecified atom stereocenters. The molecule has 1 aromatic heterocycles. The molecule has 2 rings (SSSR count). The Labute approximate surface area is 120 Å². The number of anilines is 1. The molecule has 0 saturated carbocycles. The van der Waals surface area contributed by atoms with E-state index in [9.17, 15) is 8.42 Å². The fourth-order valence-electron chi connectivity index (χ4n) is 2.33. The van der Waals surface area contributed by atoms with E-state index in [-0.39, 0.29) is 10.4 Å². The maximum Gasteiger partial charge on any atom is 0.246 e. The molecule has 20 heavy (non-hydrogen) atoms. The van der Waals surface area contributed by atoms with Gasteiger partial charge < -0.3 is 5.32 Å². The van der Waals surface area contributed by atoms with Gasteiger partial charge in [0.25, 0.3) is 0 Å². The van der Waals surface area contributed by atoms with Crippen LogP contribution in [0.15, 0.2) is 23.2 Å². The van der Waals surface area contributed by atoms with Crippen molar-refractivity contribution < 1.29 is 8.42 Å². The number of rotatable bonds is 3. The minimum absolute atomic E-state index is 0.173. The van der Waals surface area contributed by atoms with Gasteiger partial charge in [0, 0.05) is 38.4 Å². The van der Waals surface area contributed by atoms with Crippen LogP contribution in [-0.2, 0) is 10.0 Å². The van der Waals surface area contributed by atoms with Gasteiger partial charge in [-0.1, -0.05) is 0 Å². The Balaban J connectivity index is 2.36. The van der Waals surface area contributed by atoms with Crippen LogP contribution < -0.4 is 5.32 Å². The number of hydrogen-bond donors (Lipinski definition) is 1. The van der Waals surface area contributed by atoms with E-state index in [1.165, 1.54) is 0 Å². The molecule has 1 aliphatic rings. The molecule has 6 nitrogen and oxygen atoms in total. The van der Waals surface area contributed by atoms with Crippen LogP contribution in [0.4, 0.5) is 5.82 Å². The SMILES string of the molecule is CNc1ncccc1S(=O)(=O)N1CCN(C)C(C)(C)C1. The second-order valence-electron chi connectivity index (χ2n) is 5.67. The molecule has 0 radical (unpaired) electrons. The molecule has 1 aliphatic heterocycles. The van der Waals surface area contributed by atoms with Gasteiger partial charge in [0.1, 0.15) is 10.7 Å². The number of sulfonamides is 1. The first kappa shape index (κ1) is 15.2. The van der Waals surface area contributed by atoms with Crippen LogP contribution in [0.5, 0.6) is 0 Å². The number of pyridine rings is 1. The smallest absolute Gasteiger partial charge is 0.246 e. The summed E-state index contributed by atoms with van der Waals surface area (Å²) in [4.78, 5) is 6.50. The Bertz CT molecular complexity index is 586. The predicted molar refractivity (Wildman–Crippen MR) is 79.3 cm³/mol. The van der Waals surface area contributed by atoms with E-state index < -0.39 is 10.0 Å². The summed E-state index contributed by atoms with van der Waals surface area (Å²) < 4.78 is 27.1. The van der Waals surface area contributed by atoms with E-state index in [0.717, 1.165) is 6.54 Å². The van der Waals surface area contributed by atoms with Gasteiger partial charge in [-0.3, -0.25) is 4.90 Å². The van der Waals surface area contributed by atoms with Crippen LogP contribution in [0.2, 0.25) is 0 Å². The molecule has 0 amide bonds. The number of nitrogens with one attached hydrogen (secondary N) is 1. The van der Waals surface area contributed by atoms with Crippen molar-refractivity contribution in [3.8, 4) is 0 Å². The predicted octanol–water partition coefficient (Wildman–Crippen LogP) is 0.838. The molecule has 1 aromatic rings. The largest absolute Gasteiger partial charge is 0.372 e. The highest BCUT2D eigenvalue weighted by molar-refractivity contribution is 7.89. The molecule has 112 valence electrons. The summed E-state index contributed by atoms with van der Waals surface area (Å²) in [5.41, 5.74) is -0.173. The highest BCUT2D eigenvalue weighted by atomic mass is 32.2. The van der Waals surface area contributed by atoms with Crippen molar-refractivity contribution in [2.75, 3.05) is 39.0 Å². The maximum absolute atomic E-state index is 12.8. The lowest BCUT2D eigenvalue weighted by atomic mass is 10.0. The van der Waals surface area contributed by atoms with Crippen LogP contribution in [0.25, 0.3) is 0 Å². The van der Waals surface area contributed by atoms with E-state index in [1.807, 2.05) is 7.05 Å². The monoisotopic (exact) mass is 298 g/mol. The zero-order valence-corrected chi connectivity index (χ0v) is 13.2. The van der Waals surface area contributed by atoms with E-state index in [1.54, 1.807) is 29.7 Å². The van der Waals surface area contributed by atoms with Crippen molar-refractivity contribution >= 4 is 15.8 Å². The zero-order valence-electron chi connectivity index (χ0n) is 12.4. The Morgan fingerprint density at radius 1 is 1.35 bits per heavy atom. The fraction of sp³-hybridized carbons (Fsp3) is 0.615. The lowest BCUT2D eigenvalue weighted by Gasteiger charge is -2.44. The summed E-state index contributed by atoms with van der Waals surface area (Å²) >= 11 is 0. The van der Waals surface area contributed by atoms with Crippen molar-refractivity contribution in [1.82, 2.24) is 14.2 Å². The second-order valence-corrected chi connectivity index (χ2v) is 7.58. The molecule has 0 atom stereocenters. The molecule has 1 saturated heterocycles. The molecule has 2 heterocycles. The lowest BCUT2D eigenvalue weighted by Crippen LogP contribution is -2.58. The molecule has 1 N–H and O–H groups in total. The molecule has 0 spiro atoms. The second kappa shape index (κ2) is 5.31. The molecule has 0 aliphatic carbocycles. The van der Waals surface area contributed by atoms with Crippen LogP contribution in [0.3, 0.4) is 0 Å². The minimum atomic E-state index is -3.52. The summed E-state index contributed by atoms with van der Waals surface area (Å²) in [7, 11) is 0.179. The molecular weight excluding hydrogens is 276 g/mol.